The van der Waals surface area contributed by atoms with Gasteiger partial charge in [-0.1, -0.05) is 0 Å². The number of nitrogens with zero attached hydrogens (tertiary/aromatic N) is 1. The van der Waals surface area contributed by atoms with Crippen LogP contribution in [0.25, 0.3) is 0 Å². The Balaban J connectivity index is 2.17. The van der Waals surface area contributed by atoms with E-state index in [1.807, 2.05) is 0 Å². The Morgan fingerprint density at radius 2 is 2.33 bits per heavy atom. The monoisotopic (exact) mass is 212 g/mol. The number of carbonyl (C=O) groups is 2. The minimum atomic E-state index is -0.591. The Hall–Kier alpha value is -1.10. The number of aliphatic hydroxyl groups is 1. The molecule has 0 bridgehead atoms. The molecule has 5 heteroatoms. The molecule has 2 fully saturated rings. The molecule has 5 nitrogen and oxygen atoms in total. The molecule has 1 unspecified atom stereocenters. The molecule has 0 aromatic carbocycles. The van der Waals surface area contributed by atoms with Gasteiger partial charge in [-0.3, -0.25) is 9.59 Å². The largest absolute Gasteiger partial charge is 0.396 e. The van der Waals surface area contributed by atoms with Gasteiger partial charge in [-0.25, -0.2) is 0 Å². The maximum atomic E-state index is 11.7. The van der Waals surface area contributed by atoms with Crippen LogP contribution < -0.4 is 5.32 Å². The Morgan fingerprint density at radius 3 is 2.93 bits per heavy atom. The summed E-state index contributed by atoms with van der Waals surface area (Å²) in [5.41, 5.74) is -0.591. The lowest BCUT2D eigenvalue weighted by Crippen LogP contribution is -2.52. The summed E-state index contributed by atoms with van der Waals surface area (Å²) in [5, 5.41) is 11.5. The number of likely N-dealkylation sites (tertiary alicyclic amines) is 1. The minimum Gasteiger partial charge on any atom is -0.396 e. The van der Waals surface area contributed by atoms with E-state index in [4.69, 9.17) is 5.11 Å². The average Bonchev–Trinajstić information content (AvgIpc) is 2.77. The first-order valence-corrected chi connectivity index (χ1v) is 5.40. The summed E-state index contributed by atoms with van der Waals surface area (Å²) in [6.45, 7) is 1.15. The Bertz CT molecular complexity index is 288. The van der Waals surface area contributed by atoms with Crippen molar-refractivity contribution >= 4 is 11.8 Å². The second-order valence-electron chi connectivity index (χ2n) is 4.16. The molecule has 2 rings (SSSR count). The molecule has 2 N–H and O–H groups in total. The number of hydrogen-bond acceptors (Lipinski definition) is 3. The predicted octanol–water partition coefficient (Wildman–Crippen LogP) is -0.750. The summed E-state index contributed by atoms with van der Waals surface area (Å²) in [6.07, 6.45) is 2.47. The molecule has 2 amide bonds. The van der Waals surface area contributed by atoms with Gasteiger partial charge in [0.05, 0.1) is 6.61 Å². The van der Waals surface area contributed by atoms with E-state index in [0.717, 1.165) is 12.8 Å². The first-order valence-electron chi connectivity index (χ1n) is 5.40. The van der Waals surface area contributed by atoms with Crippen molar-refractivity contribution in [1.29, 1.82) is 0 Å². The van der Waals surface area contributed by atoms with Crippen molar-refractivity contribution in [1.82, 2.24) is 10.2 Å². The molecule has 0 aliphatic carbocycles. The van der Waals surface area contributed by atoms with Crippen LogP contribution in [0, 0.1) is 0 Å². The molecular formula is C10H16N2O3. The molecule has 0 aromatic heterocycles. The third-order valence-corrected chi connectivity index (χ3v) is 3.36. The lowest BCUT2D eigenvalue weighted by atomic mass is 9.94. The van der Waals surface area contributed by atoms with Gasteiger partial charge in [0.2, 0.25) is 11.8 Å². The van der Waals surface area contributed by atoms with E-state index in [1.165, 1.54) is 0 Å². The molecule has 2 saturated heterocycles. The standard InChI is InChI=1S/C10H16N2O3/c13-7-2-8(14)12-6-1-3-10(12)4-5-11-9(10)15/h13H,1-7H2,(H,11,15). The van der Waals surface area contributed by atoms with Crippen LogP contribution >= 0.6 is 0 Å². The molecule has 84 valence electrons. The first kappa shape index (κ1) is 10.4. The van der Waals surface area contributed by atoms with Gasteiger partial charge in [0, 0.05) is 19.5 Å². The summed E-state index contributed by atoms with van der Waals surface area (Å²) in [6, 6.07) is 0. The fourth-order valence-corrected chi connectivity index (χ4v) is 2.63. The average molecular weight is 212 g/mol. The normalized spacial score (nSPS) is 29.9. The van der Waals surface area contributed by atoms with Gasteiger partial charge in [0.1, 0.15) is 5.54 Å². The van der Waals surface area contributed by atoms with Crippen LogP contribution in [-0.4, -0.2) is 47.1 Å². The van der Waals surface area contributed by atoms with Crippen molar-refractivity contribution < 1.29 is 14.7 Å². The molecule has 1 atom stereocenters. The van der Waals surface area contributed by atoms with Gasteiger partial charge in [0.15, 0.2) is 0 Å². The number of hydrogen-bond donors (Lipinski definition) is 2. The van der Waals surface area contributed by atoms with Gasteiger partial charge in [-0.15, -0.1) is 0 Å². The number of nitrogens with one attached hydrogen (secondary N) is 1. The second-order valence-corrected chi connectivity index (χ2v) is 4.16. The van der Waals surface area contributed by atoms with Gasteiger partial charge in [-0.05, 0) is 19.3 Å². The third-order valence-electron chi connectivity index (χ3n) is 3.36. The highest BCUT2D eigenvalue weighted by Crippen LogP contribution is 2.35. The smallest absolute Gasteiger partial charge is 0.246 e. The zero-order valence-corrected chi connectivity index (χ0v) is 8.66. The summed E-state index contributed by atoms with van der Waals surface area (Å²) in [4.78, 5) is 25.1. The topological polar surface area (TPSA) is 69.6 Å². The van der Waals surface area contributed by atoms with Crippen LogP contribution in [0.5, 0.6) is 0 Å². The number of carbonyl (C=O) groups excluding carboxylic acids is 2. The van der Waals surface area contributed by atoms with Gasteiger partial charge in [-0.2, -0.15) is 0 Å². The van der Waals surface area contributed by atoms with E-state index >= 15 is 0 Å². The quantitative estimate of drug-likeness (QED) is 0.632. The Kier molecular flexibility index (Phi) is 2.65. The molecule has 1 spiro atoms. The van der Waals surface area contributed by atoms with Crippen molar-refractivity contribution in [3.8, 4) is 0 Å². The zero-order chi connectivity index (χ0) is 10.9. The number of amides is 2. The molecular weight excluding hydrogens is 196 g/mol. The number of aliphatic hydroxyl groups excluding tert-OH is 1. The highest BCUT2D eigenvalue weighted by atomic mass is 16.3. The molecule has 0 radical (unpaired) electrons. The second kappa shape index (κ2) is 3.81. The van der Waals surface area contributed by atoms with Crippen molar-refractivity contribution in [3.63, 3.8) is 0 Å². The summed E-state index contributed by atoms with van der Waals surface area (Å²) < 4.78 is 0. The molecule has 2 aliphatic rings. The van der Waals surface area contributed by atoms with Crippen LogP contribution in [0.15, 0.2) is 0 Å². The van der Waals surface area contributed by atoms with Crippen LogP contribution in [0.2, 0.25) is 0 Å². The fourth-order valence-electron chi connectivity index (χ4n) is 2.63. The minimum absolute atomic E-state index is 0.0220. The zero-order valence-electron chi connectivity index (χ0n) is 8.66. The Labute approximate surface area is 88.4 Å². The number of rotatable bonds is 2. The third kappa shape index (κ3) is 1.51. The van der Waals surface area contributed by atoms with Gasteiger partial charge < -0.3 is 15.3 Å². The first-order chi connectivity index (χ1) is 7.20. The van der Waals surface area contributed by atoms with Crippen molar-refractivity contribution in [2.75, 3.05) is 19.7 Å². The van der Waals surface area contributed by atoms with E-state index in [2.05, 4.69) is 5.32 Å². The highest BCUT2D eigenvalue weighted by molar-refractivity contribution is 5.93. The van der Waals surface area contributed by atoms with E-state index in [1.54, 1.807) is 4.90 Å². The van der Waals surface area contributed by atoms with E-state index in [-0.39, 0.29) is 24.8 Å². The predicted molar refractivity (Wildman–Crippen MR) is 53.0 cm³/mol. The van der Waals surface area contributed by atoms with Crippen molar-refractivity contribution in [2.45, 2.75) is 31.2 Å². The highest BCUT2D eigenvalue weighted by Gasteiger charge is 2.51. The summed E-state index contributed by atoms with van der Waals surface area (Å²) >= 11 is 0. The van der Waals surface area contributed by atoms with E-state index in [9.17, 15) is 9.59 Å². The van der Waals surface area contributed by atoms with Crippen LogP contribution in [-0.2, 0) is 9.59 Å². The van der Waals surface area contributed by atoms with Crippen LogP contribution in [0.1, 0.15) is 25.7 Å². The van der Waals surface area contributed by atoms with Gasteiger partial charge >= 0.3 is 0 Å². The summed E-state index contributed by atoms with van der Waals surface area (Å²) in [7, 11) is 0. The van der Waals surface area contributed by atoms with Crippen molar-refractivity contribution in [3.05, 3.63) is 0 Å². The molecule has 15 heavy (non-hydrogen) atoms. The van der Waals surface area contributed by atoms with Crippen molar-refractivity contribution in [2.24, 2.45) is 0 Å². The molecule has 2 aliphatic heterocycles. The SMILES string of the molecule is O=C(CCO)N1CCCC12CCNC2=O. The lowest BCUT2D eigenvalue weighted by molar-refractivity contribution is -0.143. The van der Waals surface area contributed by atoms with Crippen LogP contribution in [0.4, 0.5) is 0 Å². The maximum Gasteiger partial charge on any atom is 0.246 e. The lowest BCUT2D eigenvalue weighted by Gasteiger charge is -2.32. The fraction of sp³-hybridized carbons (Fsp3) is 0.800. The molecule has 0 aromatic rings. The van der Waals surface area contributed by atoms with E-state index in [0.29, 0.717) is 19.5 Å². The Morgan fingerprint density at radius 1 is 1.53 bits per heavy atom. The molecule has 0 saturated carbocycles. The van der Waals surface area contributed by atoms with E-state index < -0.39 is 5.54 Å². The van der Waals surface area contributed by atoms with Gasteiger partial charge in [0.25, 0.3) is 0 Å². The van der Waals surface area contributed by atoms with Crippen LogP contribution in [0.3, 0.4) is 0 Å². The summed E-state index contributed by atoms with van der Waals surface area (Å²) in [5.74, 6) is -0.127. The molecule has 2 heterocycles. The maximum absolute atomic E-state index is 11.7.